The summed E-state index contributed by atoms with van der Waals surface area (Å²) < 4.78 is 18.5. The summed E-state index contributed by atoms with van der Waals surface area (Å²) in [6.07, 6.45) is 0. The number of hydrogen-bond acceptors (Lipinski definition) is 2. The van der Waals surface area contributed by atoms with Crippen LogP contribution in [0.25, 0.3) is 11.1 Å². The standard InChI is InChI=1S/C20H15FO2/c1-14(22)16-3-2-4-17(13-16)15-5-9-19(10-6-15)23-20-11-7-18(21)8-12-20/h2-13H,1H3. The van der Waals surface area contributed by atoms with Crippen LogP contribution in [-0.4, -0.2) is 5.78 Å². The van der Waals surface area contributed by atoms with Crippen LogP contribution >= 0.6 is 0 Å². The monoisotopic (exact) mass is 306 g/mol. The molecule has 0 heterocycles. The molecular weight excluding hydrogens is 291 g/mol. The Bertz CT molecular complexity index is 821. The van der Waals surface area contributed by atoms with E-state index in [0.29, 0.717) is 17.1 Å². The Labute approximate surface area is 134 Å². The van der Waals surface area contributed by atoms with Gasteiger partial charge in [-0.1, -0.05) is 30.3 Å². The largest absolute Gasteiger partial charge is 0.457 e. The Morgan fingerprint density at radius 3 is 2.04 bits per heavy atom. The quantitative estimate of drug-likeness (QED) is 0.596. The third-order valence-corrected chi connectivity index (χ3v) is 3.51. The molecule has 23 heavy (non-hydrogen) atoms. The minimum atomic E-state index is -0.293. The number of hydrogen-bond donors (Lipinski definition) is 0. The van der Waals surface area contributed by atoms with Gasteiger partial charge in [0.05, 0.1) is 0 Å². The number of ether oxygens (including phenoxy) is 1. The molecule has 0 aromatic heterocycles. The molecule has 0 bridgehead atoms. The van der Waals surface area contributed by atoms with E-state index in [9.17, 15) is 9.18 Å². The van der Waals surface area contributed by atoms with Crippen LogP contribution in [0, 0.1) is 5.82 Å². The number of Topliss-reactive ketones (excluding diaryl/α,β-unsaturated/α-hetero) is 1. The minimum absolute atomic E-state index is 0.0445. The average Bonchev–Trinajstić information content (AvgIpc) is 2.58. The van der Waals surface area contributed by atoms with Gasteiger partial charge in [0.2, 0.25) is 0 Å². The zero-order valence-electron chi connectivity index (χ0n) is 12.6. The predicted molar refractivity (Wildman–Crippen MR) is 88.4 cm³/mol. The van der Waals surface area contributed by atoms with E-state index >= 15 is 0 Å². The van der Waals surface area contributed by atoms with Gasteiger partial charge in [0, 0.05) is 5.56 Å². The SMILES string of the molecule is CC(=O)c1cccc(-c2ccc(Oc3ccc(F)cc3)cc2)c1. The Balaban J connectivity index is 1.80. The third-order valence-electron chi connectivity index (χ3n) is 3.51. The maximum Gasteiger partial charge on any atom is 0.159 e. The van der Waals surface area contributed by atoms with Crippen LogP contribution < -0.4 is 4.74 Å². The molecule has 2 nitrogen and oxygen atoms in total. The van der Waals surface area contributed by atoms with E-state index in [2.05, 4.69) is 0 Å². The van der Waals surface area contributed by atoms with Gasteiger partial charge >= 0.3 is 0 Å². The minimum Gasteiger partial charge on any atom is -0.457 e. The van der Waals surface area contributed by atoms with E-state index in [-0.39, 0.29) is 11.6 Å². The summed E-state index contributed by atoms with van der Waals surface area (Å²) in [5.74, 6) is 1.00. The lowest BCUT2D eigenvalue weighted by Crippen LogP contribution is -1.91. The normalized spacial score (nSPS) is 10.3. The van der Waals surface area contributed by atoms with E-state index in [1.54, 1.807) is 25.1 Å². The van der Waals surface area contributed by atoms with Crippen molar-refractivity contribution in [2.75, 3.05) is 0 Å². The van der Waals surface area contributed by atoms with Crippen molar-refractivity contribution in [3.05, 3.63) is 84.2 Å². The molecule has 0 aliphatic heterocycles. The highest BCUT2D eigenvalue weighted by molar-refractivity contribution is 5.95. The molecule has 0 spiro atoms. The molecule has 0 aliphatic carbocycles. The van der Waals surface area contributed by atoms with E-state index in [0.717, 1.165) is 11.1 Å². The molecule has 0 N–H and O–H groups in total. The van der Waals surface area contributed by atoms with Gasteiger partial charge < -0.3 is 4.74 Å². The Morgan fingerprint density at radius 2 is 1.43 bits per heavy atom. The Morgan fingerprint density at radius 1 is 0.826 bits per heavy atom. The number of carbonyl (C=O) groups is 1. The van der Waals surface area contributed by atoms with Gasteiger partial charge in [0.15, 0.2) is 5.78 Å². The first-order valence-corrected chi connectivity index (χ1v) is 7.27. The summed E-state index contributed by atoms with van der Waals surface area (Å²) in [7, 11) is 0. The molecule has 3 heteroatoms. The number of carbonyl (C=O) groups excluding carboxylic acids is 1. The number of benzene rings is 3. The highest BCUT2D eigenvalue weighted by Crippen LogP contribution is 2.26. The van der Waals surface area contributed by atoms with Crippen LogP contribution in [-0.2, 0) is 0 Å². The van der Waals surface area contributed by atoms with Crippen molar-refractivity contribution in [3.8, 4) is 22.6 Å². The van der Waals surface area contributed by atoms with Crippen LogP contribution in [0.15, 0.2) is 72.8 Å². The molecule has 0 aliphatic rings. The summed E-state index contributed by atoms with van der Waals surface area (Å²) in [6, 6.07) is 20.9. The summed E-state index contributed by atoms with van der Waals surface area (Å²) >= 11 is 0. The zero-order chi connectivity index (χ0) is 16.2. The lowest BCUT2D eigenvalue weighted by atomic mass is 10.0. The first kappa shape index (κ1) is 15.0. The van der Waals surface area contributed by atoms with Crippen LogP contribution in [0.2, 0.25) is 0 Å². The predicted octanol–water partition coefficient (Wildman–Crippen LogP) is 5.49. The van der Waals surface area contributed by atoms with Gasteiger partial charge in [-0.15, -0.1) is 0 Å². The molecule has 0 amide bonds. The first-order chi connectivity index (χ1) is 11.1. The molecule has 0 atom stereocenters. The maximum atomic E-state index is 12.9. The van der Waals surface area contributed by atoms with E-state index in [4.69, 9.17) is 4.74 Å². The van der Waals surface area contributed by atoms with Gasteiger partial charge in [-0.3, -0.25) is 4.79 Å². The third kappa shape index (κ3) is 3.64. The van der Waals surface area contributed by atoms with Crippen LogP contribution in [0.5, 0.6) is 11.5 Å². The second kappa shape index (κ2) is 6.44. The van der Waals surface area contributed by atoms with Crippen molar-refractivity contribution in [2.45, 2.75) is 6.92 Å². The van der Waals surface area contributed by atoms with Crippen LogP contribution in [0.4, 0.5) is 4.39 Å². The smallest absolute Gasteiger partial charge is 0.159 e. The molecule has 0 saturated carbocycles. The summed E-state index contributed by atoms with van der Waals surface area (Å²) in [4.78, 5) is 11.5. The van der Waals surface area contributed by atoms with Crippen LogP contribution in [0.3, 0.4) is 0 Å². The van der Waals surface area contributed by atoms with Crippen molar-refractivity contribution in [2.24, 2.45) is 0 Å². The second-order valence-corrected chi connectivity index (χ2v) is 5.22. The average molecular weight is 306 g/mol. The van der Waals surface area contributed by atoms with Crippen molar-refractivity contribution in [1.82, 2.24) is 0 Å². The first-order valence-electron chi connectivity index (χ1n) is 7.27. The maximum absolute atomic E-state index is 12.9. The lowest BCUT2D eigenvalue weighted by Gasteiger charge is -2.08. The number of ketones is 1. The van der Waals surface area contributed by atoms with E-state index < -0.39 is 0 Å². The molecular formula is C20H15FO2. The fourth-order valence-corrected chi connectivity index (χ4v) is 2.27. The molecule has 0 fully saturated rings. The fourth-order valence-electron chi connectivity index (χ4n) is 2.27. The molecule has 0 saturated heterocycles. The molecule has 114 valence electrons. The molecule has 3 aromatic rings. The summed E-state index contributed by atoms with van der Waals surface area (Å²) in [6.45, 7) is 1.55. The van der Waals surface area contributed by atoms with Crippen molar-refractivity contribution < 1.29 is 13.9 Å². The summed E-state index contributed by atoms with van der Waals surface area (Å²) in [5.41, 5.74) is 2.67. The van der Waals surface area contributed by atoms with Gasteiger partial charge in [0.25, 0.3) is 0 Å². The molecule has 3 aromatic carbocycles. The lowest BCUT2D eigenvalue weighted by molar-refractivity contribution is 0.101. The van der Waals surface area contributed by atoms with Crippen molar-refractivity contribution in [3.63, 3.8) is 0 Å². The van der Waals surface area contributed by atoms with Gasteiger partial charge in [-0.25, -0.2) is 4.39 Å². The van der Waals surface area contributed by atoms with Gasteiger partial charge in [-0.2, -0.15) is 0 Å². The van der Waals surface area contributed by atoms with Crippen molar-refractivity contribution >= 4 is 5.78 Å². The molecule has 3 rings (SSSR count). The van der Waals surface area contributed by atoms with Gasteiger partial charge in [-0.05, 0) is 60.5 Å². The van der Waals surface area contributed by atoms with Gasteiger partial charge in [0.1, 0.15) is 17.3 Å². The summed E-state index contributed by atoms with van der Waals surface area (Å²) in [5, 5.41) is 0. The Kier molecular flexibility index (Phi) is 4.20. The van der Waals surface area contributed by atoms with E-state index in [1.807, 2.05) is 42.5 Å². The fraction of sp³-hybridized carbons (Fsp3) is 0.0500. The molecule has 0 unspecified atom stereocenters. The zero-order valence-corrected chi connectivity index (χ0v) is 12.6. The van der Waals surface area contributed by atoms with Crippen molar-refractivity contribution in [1.29, 1.82) is 0 Å². The number of rotatable bonds is 4. The van der Waals surface area contributed by atoms with E-state index in [1.165, 1.54) is 12.1 Å². The molecule has 0 radical (unpaired) electrons. The number of halogens is 1. The topological polar surface area (TPSA) is 26.3 Å². The highest BCUT2D eigenvalue weighted by atomic mass is 19.1. The highest BCUT2D eigenvalue weighted by Gasteiger charge is 2.04. The Hall–Kier alpha value is -2.94. The van der Waals surface area contributed by atoms with Crippen LogP contribution in [0.1, 0.15) is 17.3 Å². The second-order valence-electron chi connectivity index (χ2n) is 5.22.